The average molecular weight is 327 g/mol. The van der Waals surface area contributed by atoms with Crippen molar-refractivity contribution in [1.29, 1.82) is 0 Å². The van der Waals surface area contributed by atoms with Crippen molar-refractivity contribution in [3.63, 3.8) is 0 Å². The molecule has 0 saturated heterocycles. The highest BCUT2D eigenvalue weighted by molar-refractivity contribution is 6.30. The molecule has 4 rings (SSSR count). The first-order chi connectivity index (χ1) is 11.1. The number of oxazole rings is 1. The van der Waals surface area contributed by atoms with Crippen LogP contribution in [-0.4, -0.2) is 4.98 Å². The maximum absolute atomic E-state index is 11.5. The standard InChI is InChI=1S/C17H11ClN2O3/c1-9-5-16(21)22-14-8-15-13(7-12(9)14)20-17(23-15)19-11-4-2-3-10(18)6-11/h2-8H,1H3,(H,19,20). The highest BCUT2D eigenvalue weighted by Crippen LogP contribution is 2.28. The van der Waals surface area contributed by atoms with Crippen LogP contribution in [0.5, 0.6) is 0 Å². The molecule has 0 saturated carbocycles. The van der Waals surface area contributed by atoms with Crippen LogP contribution < -0.4 is 10.9 Å². The van der Waals surface area contributed by atoms with Gasteiger partial charge in [0.2, 0.25) is 0 Å². The van der Waals surface area contributed by atoms with Crippen molar-refractivity contribution in [2.24, 2.45) is 0 Å². The highest BCUT2D eigenvalue weighted by Gasteiger charge is 2.11. The maximum Gasteiger partial charge on any atom is 0.336 e. The van der Waals surface area contributed by atoms with Crippen LogP contribution in [0.3, 0.4) is 0 Å². The van der Waals surface area contributed by atoms with E-state index in [1.54, 1.807) is 18.2 Å². The molecule has 2 aromatic carbocycles. The Morgan fingerprint density at radius 2 is 1.96 bits per heavy atom. The molecule has 0 aliphatic carbocycles. The van der Waals surface area contributed by atoms with E-state index in [0.29, 0.717) is 27.7 Å². The summed E-state index contributed by atoms with van der Waals surface area (Å²) in [6, 6.07) is 12.6. The minimum atomic E-state index is -0.383. The molecule has 0 unspecified atom stereocenters. The second-order valence-corrected chi connectivity index (χ2v) is 5.66. The van der Waals surface area contributed by atoms with E-state index < -0.39 is 0 Å². The summed E-state index contributed by atoms with van der Waals surface area (Å²) < 4.78 is 10.9. The third-order valence-electron chi connectivity index (χ3n) is 3.54. The Kier molecular flexibility index (Phi) is 3.09. The molecule has 0 aliphatic heterocycles. The van der Waals surface area contributed by atoms with Crippen LogP contribution >= 0.6 is 11.6 Å². The minimum absolute atomic E-state index is 0.345. The van der Waals surface area contributed by atoms with Crippen molar-refractivity contribution in [3.8, 4) is 0 Å². The summed E-state index contributed by atoms with van der Waals surface area (Å²) in [6.07, 6.45) is 0. The number of nitrogens with zero attached hydrogens (tertiary/aromatic N) is 1. The Morgan fingerprint density at radius 1 is 1.09 bits per heavy atom. The number of hydrogen-bond acceptors (Lipinski definition) is 5. The fraction of sp³-hybridized carbons (Fsp3) is 0.0588. The highest BCUT2D eigenvalue weighted by atomic mass is 35.5. The zero-order chi connectivity index (χ0) is 16.0. The quantitative estimate of drug-likeness (QED) is 0.543. The Balaban J connectivity index is 1.82. The lowest BCUT2D eigenvalue weighted by molar-refractivity contribution is 0.558. The average Bonchev–Trinajstić information content (AvgIpc) is 2.86. The fourth-order valence-corrected chi connectivity index (χ4v) is 2.67. The molecule has 6 heteroatoms. The van der Waals surface area contributed by atoms with Crippen LogP contribution in [0.25, 0.3) is 22.1 Å². The first-order valence-electron chi connectivity index (χ1n) is 6.96. The molecule has 0 amide bonds. The Morgan fingerprint density at radius 3 is 2.78 bits per heavy atom. The van der Waals surface area contributed by atoms with Crippen LogP contribution in [-0.2, 0) is 0 Å². The lowest BCUT2D eigenvalue weighted by Crippen LogP contribution is -1.97. The molecule has 114 valence electrons. The van der Waals surface area contributed by atoms with E-state index in [9.17, 15) is 4.79 Å². The van der Waals surface area contributed by atoms with Gasteiger partial charge in [-0.25, -0.2) is 4.79 Å². The van der Waals surface area contributed by atoms with Gasteiger partial charge in [0.05, 0.1) is 0 Å². The molecule has 2 heterocycles. The normalized spacial score (nSPS) is 11.2. The molecule has 0 radical (unpaired) electrons. The van der Waals surface area contributed by atoms with Crippen LogP contribution in [0.15, 0.2) is 56.1 Å². The number of fused-ring (bicyclic) bond motifs is 2. The van der Waals surface area contributed by atoms with Gasteiger partial charge in [0.1, 0.15) is 11.1 Å². The van der Waals surface area contributed by atoms with Gasteiger partial charge >= 0.3 is 5.63 Å². The maximum atomic E-state index is 11.5. The smallest absolute Gasteiger partial charge is 0.336 e. The zero-order valence-corrected chi connectivity index (χ0v) is 12.8. The molecule has 23 heavy (non-hydrogen) atoms. The van der Waals surface area contributed by atoms with Gasteiger partial charge in [0.25, 0.3) is 6.01 Å². The summed E-state index contributed by atoms with van der Waals surface area (Å²) in [7, 11) is 0. The summed E-state index contributed by atoms with van der Waals surface area (Å²) >= 11 is 5.96. The number of anilines is 2. The first kappa shape index (κ1) is 13.8. The number of rotatable bonds is 2. The van der Waals surface area contributed by atoms with Gasteiger partial charge in [-0.2, -0.15) is 4.98 Å². The zero-order valence-electron chi connectivity index (χ0n) is 12.1. The summed E-state index contributed by atoms with van der Waals surface area (Å²) in [6.45, 7) is 1.86. The molecule has 1 N–H and O–H groups in total. The van der Waals surface area contributed by atoms with Crippen molar-refractivity contribution >= 4 is 45.4 Å². The van der Waals surface area contributed by atoms with Crippen molar-refractivity contribution in [3.05, 3.63) is 63.5 Å². The van der Waals surface area contributed by atoms with E-state index in [0.717, 1.165) is 16.6 Å². The monoisotopic (exact) mass is 326 g/mol. The van der Waals surface area contributed by atoms with E-state index >= 15 is 0 Å². The third-order valence-corrected chi connectivity index (χ3v) is 3.77. The topological polar surface area (TPSA) is 68.3 Å². The summed E-state index contributed by atoms with van der Waals surface area (Å²) in [5, 5.41) is 4.51. The second kappa shape index (κ2) is 5.14. The van der Waals surface area contributed by atoms with Crippen LogP contribution in [0.1, 0.15) is 5.56 Å². The SMILES string of the molecule is Cc1cc(=O)oc2cc3oc(Nc4cccc(Cl)c4)nc3cc12. The van der Waals surface area contributed by atoms with Gasteiger partial charge in [-0.3, -0.25) is 0 Å². The minimum Gasteiger partial charge on any atom is -0.423 e. The van der Waals surface area contributed by atoms with E-state index in [1.165, 1.54) is 6.07 Å². The van der Waals surface area contributed by atoms with E-state index in [2.05, 4.69) is 10.3 Å². The first-order valence-corrected chi connectivity index (χ1v) is 7.34. The molecule has 5 nitrogen and oxygen atoms in total. The van der Waals surface area contributed by atoms with Crippen LogP contribution in [0, 0.1) is 6.92 Å². The summed E-state index contributed by atoms with van der Waals surface area (Å²) in [5.41, 5.74) is 2.93. The lowest BCUT2D eigenvalue weighted by Gasteiger charge is -2.00. The van der Waals surface area contributed by atoms with Gasteiger partial charge in [-0.1, -0.05) is 17.7 Å². The largest absolute Gasteiger partial charge is 0.423 e. The Hall–Kier alpha value is -2.79. The van der Waals surface area contributed by atoms with E-state index in [4.69, 9.17) is 20.4 Å². The third kappa shape index (κ3) is 2.55. The van der Waals surface area contributed by atoms with E-state index in [-0.39, 0.29) is 5.63 Å². The van der Waals surface area contributed by atoms with Crippen LogP contribution in [0.2, 0.25) is 5.02 Å². The number of benzene rings is 2. The number of aryl methyl sites for hydroxylation is 1. The van der Waals surface area contributed by atoms with Gasteiger partial charge < -0.3 is 14.2 Å². The molecule has 2 aromatic heterocycles. The lowest BCUT2D eigenvalue weighted by atomic mass is 10.1. The molecule has 0 aliphatic rings. The van der Waals surface area contributed by atoms with Gasteiger partial charge in [0.15, 0.2) is 5.58 Å². The molecule has 0 atom stereocenters. The fourth-order valence-electron chi connectivity index (χ4n) is 2.48. The molecule has 0 fully saturated rings. The summed E-state index contributed by atoms with van der Waals surface area (Å²) in [5.74, 6) is 0. The molecular formula is C17H11ClN2O3. The molecular weight excluding hydrogens is 316 g/mol. The predicted molar refractivity (Wildman–Crippen MR) is 89.5 cm³/mol. The number of nitrogens with one attached hydrogen (secondary N) is 1. The van der Waals surface area contributed by atoms with E-state index in [1.807, 2.05) is 25.1 Å². The molecule has 0 spiro atoms. The summed E-state index contributed by atoms with van der Waals surface area (Å²) in [4.78, 5) is 15.9. The number of halogens is 1. The van der Waals surface area contributed by atoms with Gasteiger partial charge in [-0.15, -0.1) is 0 Å². The Labute approximate surface area is 135 Å². The van der Waals surface area contributed by atoms with Crippen molar-refractivity contribution in [1.82, 2.24) is 4.98 Å². The number of hydrogen-bond donors (Lipinski definition) is 1. The second-order valence-electron chi connectivity index (χ2n) is 5.22. The van der Waals surface area contributed by atoms with Crippen molar-refractivity contribution < 1.29 is 8.83 Å². The molecule has 0 bridgehead atoms. The Bertz CT molecular complexity index is 1100. The van der Waals surface area contributed by atoms with Crippen LogP contribution in [0.4, 0.5) is 11.7 Å². The molecule has 4 aromatic rings. The van der Waals surface area contributed by atoms with Gasteiger partial charge in [-0.05, 0) is 36.8 Å². The van der Waals surface area contributed by atoms with Crippen molar-refractivity contribution in [2.45, 2.75) is 6.92 Å². The van der Waals surface area contributed by atoms with Gasteiger partial charge in [0, 0.05) is 28.2 Å². The van der Waals surface area contributed by atoms with Crippen molar-refractivity contribution in [2.75, 3.05) is 5.32 Å². The number of aromatic nitrogens is 1. The predicted octanol–water partition coefficient (Wildman–Crippen LogP) is 4.64.